The molecule has 0 spiro atoms. The molecule has 0 radical (unpaired) electrons. The number of ether oxygens (including phenoxy) is 1. The van der Waals surface area contributed by atoms with Crippen LogP contribution in [0.4, 0.5) is 0 Å². The molecule has 0 fully saturated rings. The van der Waals surface area contributed by atoms with E-state index in [-0.39, 0.29) is 11.9 Å². The van der Waals surface area contributed by atoms with Gasteiger partial charge in [-0.3, -0.25) is 4.79 Å². The van der Waals surface area contributed by atoms with Crippen LogP contribution in [0.25, 0.3) is 0 Å². The first-order valence-electron chi connectivity index (χ1n) is 8.27. The number of carbonyl (C=O) groups excluding carboxylic acids is 2. The fraction of sp³-hybridized carbons (Fsp3) is 0.421. The first-order valence-corrected chi connectivity index (χ1v) is 9.15. The second-order valence-corrected chi connectivity index (χ2v) is 7.23. The summed E-state index contributed by atoms with van der Waals surface area (Å²) >= 11 is 1.39. The largest absolute Gasteiger partial charge is 0.464 e. The molecule has 2 rings (SSSR count). The van der Waals surface area contributed by atoms with Crippen LogP contribution < -0.4 is 0 Å². The Bertz CT molecular complexity index is 712. The first kappa shape index (κ1) is 19.1. The summed E-state index contributed by atoms with van der Waals surface area (Å²) in [6.45, 7) is 6.32. The highest BCUT2D eigenvalue weighted by Gasteiger charge is 2.27. The van der Waals surface area contributed by atoms with Crippen LogP contribution >= 0.6 is 11.3 Å². The summed E-state index contributed by atoms with van der Waals surface area (Å²) in [5.41, 5.74) is 1.36. The van der Waals surface area contributed by atoms with Gasteiger partial charge in [-0.05, 0) is 17.9 Å². The third-order valence-corrected chi connectivity index (χ3v) is 4.82. The zero-order chi connectivity index (χ0) is 18.4. The van der Waals surface area contributed by atoms with Crippen molar-refractivity contribution in [2.45, 2.75) is 39.8 Å². The van der Waals surface area contributed by atoms with Gasteiger partial charge in [0.15, 0.2) is 5.69 Å². The van der Waals surface area contributed by atoms with E-state index >= 15 is 0 Å². The minimum Gasteiger partial charge on any atom is -0.464 e. The maximum atomic E-state index is 12.4. The maximum absolute atomic E-state index is 12.4. The van der Waals surface area contributed by atoms with Gasteiger partial charge < -0.3 is 9.64 Å². The van der Waals surface area contributed by atoms with E-state index in [0.29, 0.717) is 18.2 Å². The number of methoxy groups -OCH3 is 1. The van der Waals surface area contributed by atoms with E-state index in [0.717, 1.165) is 17.0 Å². The third-order valence-electron chi connectivity index (χ3n) is 3.87. The Balaban J connectivity index is 2.33. The van der Waals surface area contributed by atoms with Gasteiger partial charge in [0.2, 0.25) is 5.91 Å². The van der Waals surface area contributed by atoms with Gasteiger partial charge >= 0.3 is 5.97 Å². The van der Waals surface area contributed by atoms with Crippen molar-refractivity contribution >= 4 is 23.2 Å². The van der Waals surface area contributed by atoms with E-state index < -0.39 is 5.97 Å². The van der Waals surface area contributed by atoms with Gasteiger partial charge in [0.25, 0.3) is 0 Å². The zero-order valence-corrected chi connectivity index (χ0v) is 15.9. The number of carbonyl (C=O) groups is 2. The van der Waals surface area contributed by atoms with Crippen LogP contribution in [0.5, 0.6) is 0 Å². The van der Waals surface area contributed by atoms with E-state index in [1.807, 2.05) is 35.2 Å². The van der Waals surface area contributed by atoms with E-state index in [1.165, 1.54) is 18.4 Å². The molecular formula is C19H24N2O3S. The standard InChI is InChI=1S/C19H24N2O3S/c1-13(2)10-17(18-20-16(12-25-18)19(23)24-4)21(14(3)22)11-15-8-6-5-7-9-15/h5-9,12-13,17H,10-11H2,1-4H3. The fourth-order valence-corrected chi connectivity index (χ4v) is 3.58. The highest BCUT2D eigenvalue weighted by Crippen LogP contribution is 2.31. The number of rotatable bonds is 7. The van der Waals surface area contributed by atoms with Crippen LogP contribution in [0.15, 0.2) is 35.7 Å². The van der Waals surface area contributed by atoms with Crippen molar-refractivity contribution in [3.05, 3.63) is 52.0 Å². The molecule has 1 heterocycles. The van der Waals surface area contributed by atoms with Crippen LogP contribution in [0.1, 0.15) is 54.3 Å². The van der Waals surface area contributed by atoms with Gasteiger partial charge in [0.1, 0.15) is 5.01 Å². The lowest BCUT2D eigenvalue weighted by Gasteiger charge is -2.31. The Labute approximate surface area is 152 Å². The van der Waals surface area contributed by atoms with Gasteiger partial charge in [-0.1, -0.05) is 44.2 Å². The summed E-state index contributed by atoms with van der Waals surface area (Å²) < 4.78 is 4.74. The molecule has 1 atom stereocenters. The summed E-state index contributed by atoms with van der Waals surface area (Å²) in [6, 6.07) is 9.72. The molecule has 5 nitrogen and oxygen atoms in total. The summed E-state index contributed by atoms with van der Waals surface area (Å²) in [7, 11) is 1.34. The monoisotopic (exact) mass is 360 g/mol. The Morgan fingerprint density at radius 2 is 1.92 bits per heavy atom. The summed E-state index contributed by atoms with van der Waals surface area (Å²) in [6.07, 6.45) is 0.778. The second kappa shape index (κ2) is 8.76. The molecule has 2 aromatic rings. The fourth-order valence-electron chi connectivity index (χ4n) is 2.67. The van der Waals surface area contributed by atoms with Gasteiger partial charge in [-0.15, -0.1) is 11.3 Å². The summed E-state index contributed by atoms with van der Waals surface area (Å²) in [4.78, 5) is 30.3. The highest BCUT2D eigenvalue weighted by molar-refractivity contribution is 7.09. The quantitative estimate of drug-likeness (QED) is 0.699. The van der Waals surface area contributed by atoms with Crippen molar-refractivity contribution in [1.82, 2.24) is 9.88 Å². The van der Waals surface area contributed by atoms with Gasteiger partial charge in [-0.25, -0.2) is 9.78 Å². The van der Waals surface area contributed by atoms with E-state index in [2.05, 4.69) is 18.8 Å². The molecule has 1 aromatic carbocycles. The minimum absolute atomic E-state index is 0.00989. The van der Waals surface area contributed by atoms with Gasteiger partial charge in [-0.2, -0.15) is 0 Å². The van der Waals surface area contributed by atoms with Crippen LogP contribution in [0.3, 0.4) is 0 Å². The summed E-state index contributed by atoms with van der Waals surface area (Å²) in [5.74, 6) is -0.0827. The molecule has 0 N–H and O–H groups in total. The normalized spacial score (nSPS) is 12.0. The summed E-state index contributed by atoms with van der Waals surface area (Å²) in [5, 5.41) is 2.45. The zero-order valence-electron chi connectivity index (χ0n) is 15.1. The average molecular weight is 360 g/mol. The number of esters is 1. The molecule has 0 saturated heterocycles. The Morgan fingerprint density at radius 3 is 2.48 bits per heavy atom. The van der Waals surface area contributed by atoms with Crippen LogP contribution in [-0.4, -0.2) is 28.9 Å². The number of hydrogen-bond donors (Lipinski definition) is 0. The first-order chi connectivity index (χ1) is 11.9. The Hall–Kier alpha value is -2.21. The number of aromatic nitrogens is 1. The molecule has 0 aliphatic carbocycles. The molecule has 0 saturated carbocycles. The number of amides is 1. The van der Waals surface area contributed by atoms with Crippen LogP contribution in [0.2, 0.25) is 0 Å². The lowest BCUT2D eigenvalue weighted by Crippen LogP contribution is -2.33. The molecule has 1 amide bonds. The topological polar surface area (TPSA) is 59.5 Å². The smallest absolute Gasteiger partial charge is 0.357 e. The Kier molecular flexibility index (Phi) is 6.70. The van der Waals surface area contributed by atoms with Crippen molar-refractivity contribution in [3.63, 3.8) is 0 Å². The lowest BCUT2D eigenvalue weighted by molar-refractivity contribution is -0.132. The average Bonchev–Trinajstić information content (AvgIpc) is 3.07. The second-order valence-electron chi connectivity index (χ2n) is 6.34. The van der Waals surface area contributed by atoms with Crippen molar-refractivity contribution < 1.29 is 14.3 Å². The number of thiazole rings is 1. The molecule has 134 valence electrons. The number of nitrogens with zero attached hydrogens (tertiary/aromatic N) is 2. The maximum Gasteiger partial charge on any atom is 0.357 e. The predicted molar refractivity (Wildman–Crippen MR) is 98.3 cm³/mol. The van der Waals surface area contributed by atoms with E-state index in [4.69, 9.17) is 4.74 Å². The molecule has 1 aromatic heterocycles. The third kappa shape index (κ3) is 5.13. The Morgan fingerprint density at radius 1 is 1.24 bits per heavy atom. The molecule has 6 heteroatoms. The van der Waals surface area contributed by atoms with Crippen LogP contribution in [-0.2, 0) is 16.1 Å². The molecule has 1 unspecified atom stereocenters. The minimum atomic E-state index is -0.455. The molecule has 0 bridgehead atoms. The van der Waals surface area contributed by atoms with Crippen molar-refractivity contribution in [2.24, 2.45) is 5.92 Å². The van der Waals surface area contributed by atoms with Crippen molar-refractivity contribution in [3.8, 4) is 0 Å². The highest BCUT2D eigenvalue weighted by atomic mass is 32.1. The molecule has 0 aliphatic rings. The molecule has 0 aliphatic heterocycles. The van der Waals surface area contributed by atoms with Gasteiger partial charge in [0.05, 0.1) is 13.2 Å². The number of hydrogen-bond acceptors (Lipinski definition) is 5. The van der Waals surface area contributed by atoms with E-state index in [9.17, 15) is 9.59 Å². The molecule has 25 heavy (non-hydrogen) atoms. The van der Waals surface area contributed by atoms with E-state index in [1.54, 1.807) is 12.3 Å². The SMILES string of the molecule is COC(=O)c1csc(C(CC(C)C)N(Cc2ccccc2)C(C)=O)n1. The predicted octanol–water partition coefficient (Wildman–Crippen LogP) is 4.07. The van der Waals surface area contributed by atoms with Crippen molar-refractivity contribution in [1.29, 1.82) is 0 Å². The lowest BCUT2D eigenvalue weighted by atomic mass is 10.0. The molecular weight excluding hydrogens is 336 g/mol. The van der Waals surface area contributed by atoms with Crippen LogP contribution in [0, 0.1) is 5.92 Å². The van der Waals surface area contributed by atoms with Gasteiger partial charge in [0, 0.05) is 18.8 Å². The number of benzene rings is 1. The van der Waals surface area contributed by atoms with Crippen molar-refractivity contribution in [2.75, 3.05) is 7.11 Å².